The summed E-state index contributed by atoms with van der Waals surface area (Å²) >= 11 is 3.37. The van der Waals surface area contributed by atoms with Gasteiger partial charge in [0.25, 0.3) is 0 Å². The highest BCUT2D eigenvalue weighted by Gasteiger charge is 2.26. The molecule has 0 aliphatic heterocycles. The molecule has 1 rings (SSSR count). The van der Waals surface area contributed by atoms with E-state index in [2.05, 4.69) is 21.2 Å². The van der Waals surface area contributed by atoms with Crippen molar-refractivity contribution in [1.82, 2.24) is 5.32 Å². The topological polar surface area (TPSA) is 55.1 Å². The SMILES string of the molecule is CC(C)(C)[C@H](N)C(=O)NCc1ccc(Br)cc1.Cl. The summed E-state index contributed by atoms with van der Waals surface area (Å²) in [6.07, 6.45) is 0. The molecular formula is C13H20BrClN2O. The van der Waals surface area contributed by atoms with Gasteiger partial charge in [-0.05, 0) is 23.1 Å². The van der Waals surface area contributed by atoms with Crippen molar-refractivity contribution in [3.8, 4) is 0 Å². The Bertz CT molecular complexity index is 387. The first-order chi connectivity index (χ1) is 7.80. The molecule has 0 saturated carbocycles. The molecule has 1 amide bonds. The lowest BCUT2D eigenvalue weighted by atomic mass is 9.87. The largest absolute Gasteiger partial charge is 0.351 e. The second-order valence-electron chi connectivity index (χ2n) is 5.19. The Balaban J connectivity index is 0.00000289. The van der Waals surface area contributed by atoms with Crippen LogP contribution >= 0.6 is 28.3 Å². The van der Waals surface area contributed by atoms with E-state index in [0.29, 0.717) is 6.54 Å². The second kappa shape index (κ2) is 7.12. The minimum absolute atomic E-state index is 0. The van der Waals surface area contributed by atoms with Gasteiger partial charge in [0.05, 0.1) is 6.04 Å². The molecule has 0 aliphatic rings. The van der Waals surface area contributed by atoms with Crippen molar-refractivity contribution in [1.29, 1.82) is 0 Å². The lowest BCUT2D eigenvalue weighted by molar-refractivity contribution is -0.124. The van der Waals surface area contributed by atoms with Crippen LogP contribution in [0.3, 0.4) is 0 Å². The standard InChI is InChI=1S/C13H19BrN2O.ClH/c1-13(2,3)11(15)12(17)16-8-9-4-6-10(14)7-5-9;/h4-7,11H,8,15H2,1-3H3,(H,16,17);1H/t11-;/m1./s1. The van der Waals surface area contributed by atoms with Crippen LogP contribution in [0.2, 0.25) is 0 Å². The average Bonchev–Trinajstić information content (AvgIpc) is 2.25. The lowest BCUT2D eigenvalue weighted by Gasteiger charge is -2.25. The van der Waals surface area contributed by atoms with Gasteiger partial charge in [0.15, 0.2) is 0 Å². The third-order valence-corrected chi connectivity index (χ3v) is 3.12. The van der Waals surface area contributed by atoms with Gasteiger partial charge in [0.2, 0.25) is 5.91 Å². The van der Waals surface area contributed by atoms with Crippen LogP contribution in [0.5, 0.6) is 0 Å². The summed E-state index contributed by atoms with van der Waals surface area (Å²) in [5, 5.41) is 2.85. The molecule has 3 N–H and O–H groups in total. The van der Waals surface area contributed by atoms with E-state index in [4.69, 9.17) is 5.73 Å². The van der Waals surface area contributed by atoms with Gasteiger partial charge < -0.3 is 11.1 Å². The first kappa shape index (κ1) is 17.4. The smallest absolute Gasteiger partial charge is 0.237 e. The number of rotatable bonds is 3. The van der Waals surface area contributed by atoms with Crippen LogP contribution in [0.15, 0.2) is 28.7 Å². The highest BCUT2D eigenvalue weighted by Crippen LogP contribution is 2.17. The zero-order valence-electron chi connectivity index (χ0n) is 10.9. The van der Waals surface area contributed by atoms with Crippen LogP contribution in [0.4, 0.5) is 0 Å². The quantitative estimate of drug-likeness (QED) is 0.892. The van der Waals surface area contributed by atoms with Gasteiger partial charge in [-0.3, -0.25) is 4.79 Å². The second-order valence-corrected chi connectivity index (χ2v) is 6.10. The third kappa shape index (κ3) is 5.38. The normalized spacial score (nSPS) is 12.5. The maximum atomic E-state index is 11.8. The maximum Gasteiger partial charge on any atom is 0.237 e. The molecule has 5 heteroatoms. The van der Waals surface area contributed by atoms with Crippen LogP contribution in [-0.2, 0) is 11.3 Å². The van der Waals surface area contributed by atoms with Gasteiger partial charge >= 0.3 is 0 Å². The molecule has 0 spiro atoms. The Morgan fingerprint density at radius 2 is 1.83 bits per heavy atom. The molecule has 0 aliphatic carbocycles. The van der Waals surface area contributed by atoms with Gasteiger partial charge in [0.1, 0.15) is 0 Å². The number of hydrogen-bond acceptors (Lipinski definition) is 2. The highest BCUT2D eigenvalue weighted by atomic mass is 79.9. The Morgan fingerprint density at radius 3 is 2.28 bits per heavy atom. The first-order valence-corrected chi connectivity index (χ1v) is 6.38. The molecule has 0 unspecified atom stereocenters. The molecule has 0 saturated heterocycles. The van der Waals surface area contributed by atoms with Crippen molar-refractivity contribution in [3.05, 3.63) is 34.3 Å². The van der Waals surface area contributed by atoms with E-state index in [1.165, 1.54) is 0 Å². The molecule has 0 fully saturated rings. The number of halogens is 2. The van der Waals surface area contributed by atoms with Crippen molar-refractivity contribution in [3.63, 3.8) is 0 Å². The molecule has 1 aromatic carbocycles. The molecule has 1 atom stereocenters. The van der Waals surface area contributed by atoms with E-state index in [1.54, 1.807) is 0 Å². The number of carbonyl (C=O) groups excluding carboxylic acids is 1. The van der Waals surface area contributed by atoms with Gasteiger partial charge in [-0.2, -0.15) is 0 Å². The third-order valence-electron chi connectivity index (χ3n) is 2.60. The maximum absolute atomic E-state index is 11.8. The Labute approximate surface area is 123 Å². The monoisotopic (exact) mass is 334 g/mol. The van der Waals surface area contributed by atoms with Crippen LogP contribution in [0.25, 0.3) is 0 Å². The van der Waals surface area contributed by atoms with Gasteiger partial charge in [-0.15, -0.1) is 12.4 Å². The van der Waals surface area contributed by atoms with Crippen molar-refractivity contribution in [2.75, 3.05) is 0 Å². The van der Waals surface area contributed by atoms with Crippen molar-refractivity contribution < 1.29 is 4.79 Å². The molecule has 3 nitrogen and oxygen atoms in total. The van der Waals surface area contributed by atoms with Crippen molar-refractivity contribution >= 4 is 34.2 Å². The Kier molecular flexibility index (Phi) is 6.89. The van der Waals surface area contributed by atoms with Crippen molar-refractivity contribution in [2.24, 2.45) is 11.1 Å². The predicted molar refractivity (Wildman–Crippen MR) is 80.7 cm³/mol. The van der Waals surface area contributed by atoms with E-state index >= 15 is 0 Å². The fourth-order valence-corrected chi connectivity index (χ4v) is 1.56. The number of benzene rings is 1. The molecule has 102 valence electrons. The van der Waals surface area contributed by atoms with E-state index in [9.17, 15) is 4.79 Å². The van der Waals surface area contributed by atoms with Crippen LogP contribution in [-0.4, -0.2) is 11.9 Å². The summed E-state index contributed by atoms with van der Waals surface area (Å²) < 4.78 is 1.03. The first-order valence-electron chi connectivity index (χ1n) is 5.58. The van der Waals surface area contributed by atoms with E-state index in [-0.39, 0.29) is 23.7 Å². The molecule has 0 aromatic heterocycles. The zero-order valence-corrected chi connectivity index (χ0v) is 13.3. The molecule has 0 radical (unpaired) electrons. The fourth-order valence-electron chi connectivity index (χ4n) is 1.29. The number of hydrogen-bond donors (Lipinski definition) is 2. The average molecular weight is 336 g/mol. The number of carbonyl (C=O) groups is 1. The molecular weight excluding hydrogens is 316 g/mol. The van der Waals surface area contributed by atoms with E-state index < -0.39 is 6.04 Å². The van der Waals surface area contributed by atoms with Gasteiger partial charge in [-0.1, -0.05) is 48.8 Å². The summed E-state index contributed by atoms with van der Waals surface area (Å²) in [6, 6.07) is 7.34. The summed E-state index contributed by atoms with van der Waals surface area (Å²) in [5.74, 6) is -0.111. The summed E-state index contributed by atoms with van der Waals surface area (Å²) in [4.78, 5) is 11.8. The summed E-state index contributed by atoms with van der Waals surface area (Å²) in [6.45, 7) is 6.38. The highest BCUT2D eigenvalue weighted by molar-refractivity contribution is 9.10. The number of nitrogens with one attached hydrogen (secondary N) is 1. The predicted octanol–water partition coefficient (Wildman–Crippen LogP) is 2.86. The van der Waals surface area contributed by atoms with Crippen molar-refractivity contribution in [2.45, 2.75) is 33.4 Å². The molecule has 1 aromatic rings. The van der Waals surface area contributed by atoms with E-state index in [0.717, 1.165) is 10.0 Å². The minimum Gasteiger partial charge on any atom is -0.351 e. The summed E-state index contributed by atoms with van der Waals surface area (Å²) in [5.41, 5.74) is 6.70. The van der Waals surface area contributed by atoms with E-state index in [1.807, 2.05) is 45.0 Å². The minimum atomic E-state index is -0.488. The van der Waals surface area contributed by atoms with Crippen LogP contribution in [0, 0.1) is 5.41 Å². The summed E-state index contributed by atoms with van der Waals surface area (Å²) in [7, 11) is 0. The number of nitrogens with two attached hydrogens (primary N) is 1. The fraction of sp³-hybridized carbons (Fsp3) is 0.462. The zero-order chi connectivity index (χ0) is 13.1. The van der Waals surface area contributed by atoms with Gasteiger partial charge in [-0.25, -0.2) is 0 Å². The molecule has 0 bridgehead atoms. The van der Waals surface area contributed by atoms with Gasteiger partial charge in [0, 0.05) is 11.0 Å². The molecule has 18 heavy (non-hydrogen) atoms. The lowest BCUT2D eigenvalue weighted by Crippen LogP contribution is -2.48. The van der Waals surface area contributed by atoms with Crippen LogP contribution < -0.4 is 11.1 Å². The Hall–Kier alpha value is -0.580. The Morgan fingerprint density at radius 1 is 1.33 bits per heavy atom. The molecule has 0 heterocycles. The van der Waals surface area contributed by atoms with Crippen LogP contribution in [0.1, 0.15) is 26.3 Å². The number of amides is 1.